The molecule has 4 nitrogen and oxygen atoms in total. The molecule has 0 aliphatic carbocycles. The van der Waals surface area contributed by atoms with Gasteiger partial charge in [0.25, 0.3) is 0 Å². The van der Waals surface area contributed by atoms with Gasteiger partial charge >= 0.3 is 0 Å². The van der Waals surface area contributed by atoms with Crippen molar-refractivity contribution in [3.05, 3.63) is 47.8 Å². The first-order valence-electron chi connectivity index (χ1n) is 5.11. The molecule has 0 saturated heterocycles. The number of nitrogens with one attached hydrogen (secondary N) is 1. The second-order valence-electron chi connectivity index (χ2n) is 3.61. The highest BCUT2D eigenvalue weighted by atomic mass is 15.0. The first-order chi connectivity index (χ1) is 7.75. The lowest BCUT2D eigenvalue weighted by Gasteiger charge is -2.07. The fraction of sp³-hybridized carbons (Fsp3) is 0.167. The molecule has 0 bridgehead atoms. The van der Waals surface area contributed by atoms with E-state index >= 15 is 0 Å². The molecule has 0 aliphatic rings. The zero-order valence-electron chi connectivity index (χ0n) is 9.14. The van der Waals surface area contributed by atoms with Gasteiger partial charge in [0.15, 0.2) is 0 Å². The maximum absolute atomic E-state index is 5.57. The van der Waals surface area contributed by atoms with E-state index in [1.54, 1.807) is 6.07 Å². The van der Waals surface area contributed by atoms with Crippen molar-refractivity contribution in [1.29, 1.82) is 0 Å². The van der Waals surface area contributed by atoms with Gasteiger partial charge in [-0.1, -0.05) is 24.3 Å². The van der Waals surface area contributed by atoms with Crippen molar-refractivity contribution in [2.24, 2.45) is 0 Å². The molecule has 0 fully saturated rings. The minimum atomic E-state index is 0.474. The Balaban J connectivity index is 2.05. The van der Waals surface area contributed by atoms with Gasteiger partial charge in [-0.25, -0.2) is 9.97 Å². The van der Waals surface area contributed by atoms with Gasteiger partial charge in [-0.2, -0.15) is 0 Å². The van der Waals surface area contributed by atoms with Crippen LogP contribution in [-0.2, 0) is 6.54 Å². The van der Waals surface area contributed by atoms with Crippen molar-refractivity contribution >= 4 is 11.6 Å². The number of aryl methyl sites for hydroxylation is 1. The Morgan fingerprint density at radius 3 is 2.81 bits per heavy atom. The zero-order valence-corrected chi connectivity index (χ0v) is 9.14. The van der Waals surface area contributed by atoms with E-state index in [1.807, 2.05) is 12.1 Å². The molecule has 1 heterocycles. The summed E-state index contributed by atoms with van der Waals surface area (Å²) in [5, 5.41) is 3.21. The highest BCUT2D eigenvalue weighted by molar-refractivity contribution is 5.44. The highest BCUT2D eigenvalue weighted by Gasteiger charge is 1.98. The second kappa shape index (κ2) is 4.61. The predicted octanol–water partition coefficient (Wildman–Crippen LogP) is 1.98. The van der Waals surface area contributed by atoms with E-state index in [0.717, 1.165) is 12.4 Å². The molecule has 2 rings (SSSR count). The molecule has 2 aromatic rings. The largest absolute Gasteiger partial charge is 0.384 e. The first-order valence-corrected chi connectivity index (χ1v) is 5.11. The van der Waals surface area contributed by atoms with Crippen LogP contribution < -0.4 is 11.1 Å². The van der Waals surface area contributed by atoms with Crippen LogP contribution in [0.5, 0.6) is 0 Å². The van der Waals surface area contributed by atoms with Crippen LogP contribution >= 0.6 is 0 Å². The number of nitrogen functional groups attached to an aromatic ring is 1. The quantitative estimate of drug-likeness (QED) is 0.820. The molecule has 0 amide bonds. The van der Waals surface area contributed by atoms with Crippen molar-refractivity contribution < 1.29 is 0 Å². The molecule has 0 saturated carbocycles. The smallest absolute Gasteiger partial charge is 0.131 e. The van der Waals surface area contributed by atoms with Gasteiger partial charge in [0.05, 0.1) is 0 Å². The minimum Gasteiger partial charge on any atom is -0.384 e. The Morgan fingerprint density at radius 2 is 2.06 bits per heavy atom. The van der Waals surface area contributed by atoms with Crippen molar-refractivity contribution in [3.63, 3.8) is 0 Å². The van der Waals surface area contributed by atoms with E-state index in [1.165, 1.54) is 17.5 Å². The Hall–Kier alpha value is -2.10. The summed E-state index contributed by atoms with van der Waals surface area (Å²) in [5.74, 6) is 1.22. The number of hydrogen-bond donors (Lipinski definition) is 2. The van der Waals surface area contributed by atoms with Gasteiger partial charge in [-0.15, -0.1) is 0 Å². The summed E-state index contributed by atoms with van der Waals surface area (Å²) in [7, 11) is 0. The lowest BCUT2D eigenvalue weighted by Crippen LogP contribution is -2.03. The van der Waals surface area contributed by atoms with Gasteiger partial charge in [-0.3, -0.25) is 0 Å². The third kappa shape index (κ3) is 2.48. The third-order valence-electron chi connectivity index (χ3n) is 2.41. The van der Waals surface area contributed by atoms with E-state index in [-0.39, 0.29) is 0 Å². The normalized spacial score (nSPS) is 10.1. The van der Waals surface area contributed by atoms with Crippen LogP contribution in [0.4, 0.5) is 11.6 Å². The number of nitrogens with two attached hydrogens (primary N) is 1. The van der Waals surface area contributed by atoms with Gasteiger partial charge in [0.2, 0.25) is 0 Å². The SMILES string of the molecule is Cc1ccccc1CNc1cc(N)ncn1. The van der Waals surface area contributed by atoms with Crippen molar-refractivity contribution in [2.45, 2.75) is 13.5 Å². The number of rotatable bonds is 3. The van der Waals surface area contributed by atoms with Crippen LogP contribution in [0.2, 0.25) is 0 Å². The average Bonchev–Trinajstić information content (AvgIpc) is 2.28. The molecule has 0 aliphatic heterocycles. The van der Waals surface area contributed by atoms with Gasteiger partial charge < -0.3 is 11.1 Å². The van der Waals surface area contributed by atoms with Gasteiger partial charge in [-0.05, 0) is 18.1 Å². The molecule has 1 aromatic heterocycles. The standard InChI is InChI=1S/C12H14N4/c1-9-4-2-3-5-10(9)7-14-12-6-11(13)15-8-16-12/h2-6,8H,7H2,1H3,(H3,13,14,15,16). The Labute approximate surface area is 94.5 Å². The summed E-state index contributed by atoms with van der Waals surface area (Å²) < 4.78 is 0. The number of nitrogens with zero attached hydrogens (tertiary/aromatic N) is 2. The van der Waals surface area contributed by atoms with Crippen molar-refractivity contribution in [3.8, 4) is 0 Å². The van der Waals surface area contributed by atoms with Crippen molar-refractivity contribution in [2.75, 3.05) is 11.1 Å². The molecular weight excluding hydrogens is 200 g/mol. The Bertz CT molecular complexity index is 482. The van der Waals surface area contributed by atoms with Crippen LogP contribution in [0.1, 0.15) is 11.1 Å². The van der Waals surface area contributed by atoms with E-state index < -0.39 is 0 Å². The van der Waals surface area contributed by atoms with E-state index in [2.05, 4.69) is 34.3 Å². The van der Waals surface area contributed by atoms with Crippen LogP contribution in [0, 0.1) is 6.92 Å². The number of aromatic nitrogens is 2. The Morgan fingerprint density at radius 1 is 1.25 bits per heavy atom. The molecule has 0 radical (unpaired) electrons. The molecule has 4 heteroatoms. The van der Waals surface area contributed by atoms with E-state index in [4.69, 9.17) is 5.73 Å². The van der Waals surface area contributed by atoms with Crippen LogP contribution in [-0.4, -0.2) is 9.97 Å². The van der Waals surface area contributed by atoms with E-state index in [9.17, 15) is 0 Å². The van der Waals surface area contributed by atoms with Crippen molar-refractivity contribution in [1.82, 2.24) is 9.97 Å². The summed E-state index contributed by atoms with van der Waals surface area (Å²) in [5.41, 5.74) is 8.08. The summed E-state index contributed by atoms with van der Waals surface area (Å²) in [6.07, 6.45) is 1.45. The summed E-state index contributed by atoms with van der Waals surface area (Å²) >= 11 is 0. The first kappa shape index (κ1) is 10.4. The average molecular weight is 214 g/mol. The van der Waals surface area contributed by atoms with Crippen LogP contribution in [0.25, 0.3) is 0 Å². The van der Waals surface area contributed by atoms with Gasteiger partial charge in [0.1, 0.15) is 18.0 Å². The summed E-state index contributed by atoms with van der Waals surface area (Å²) in [6, 6.07) is 9.95. The number of benzene rings is 1. The molecule has 82 valence electrons. The zero-order chi connectivity index (χ0) is 11.4. The third-order valence-corrected chi connectivity index (χ3v) is 2.41. The molecule has 1 aromatic carbocycles. The molecule has 16 heavy (non-hydrogen) atoms. The molecule has 0 spiro atoms. The highest BCUT2D eigenvalue weighted by Crippen LogP contribution is 2.10. The molecule has 0 atom stereocenters. The van der Waals surface area contributed by atoms with Crippen LogP contribution in [0.15, 0.2) is 36.7 Å². The number of hydrogen-bond acceptors (Lipinski definition) is 4. The second-order valence-corrected chi connectivity index (χ2v) is 3.61. The maximum atomic E-state index is 5.57. The fourth-order valence-electron chi connectivity index (χ4n) is 1.46. The summed E-state index contributed by atoms with van der Waals surface area (Å²) in [4.78, 5) is 7.92. The minimum absolute atomic E-state index is 0.474. The summed E-state index contributed by atoms with van der Waals surface area (Å²) in [6.45, 7) is 2.83. The molecular formula is C12H14N4. The maximum Gasteiger partial charge on any atom is 0.131 e. The predicted molar refractivity (Wildman–Crippen MR) is 65.0 cm³/mol. The van der Waals surface area contributed by atoms with Gasteiger partial charge in [0, 0.05) is 12.6 Å². The lowest BCUT2D eigenvalue weighted by molar-refractivity contribution is 1.07. The number of anilines is 2. The fourth-order valence-corrected chi connectivity index (χ4v) is 1.46. The molecule has 3 N–H and O–H groups in total. The topological polar surface area (TPSA) is 63.8 Å². The van der Waals surface area contributed by atoms with E-state index in [0.29, 0.717) is 5.82 Å². The lowest BCUT2D eigenvalue weighted by atomic mass is 10.1. The monoisotopic (exact) mass is 214 g/mol. The van der Waals surface area contributed by atoms with Crippen LogP contribution in [0.3, 0.4) is 0 Å². The molecule has 0 unspecified atom stereocenters. The Kier molecular flexibility index (Phi) is 3.00.